The number of carbonyl (C=O) groups is 2. The van der Waals surface area contributed by atoms with Gasteiger partial charge in [-0.15, -0.1) is 0 Å². The molecule has 6 nitrogen and oxygen atoms in total. The third kappa shape index (κ3) is 4.19. The number of carbonyl (C=O) groups excluding carboxylic acids is 2. The Morgan fingerprint density at radius 3 is 2.70 bits per heavy atom. The lowest BCUT2D eigenvalue weighted by atomic mass is 9.80. The predicted molar refractivity (Wildman–Crippen MR) is 106 cm³/mol. The number of amides is 2. The van der Waals surface area contributed by atoms with Crippen LogP contribution >= 0.6 is 11.8 Å². The molecule has 2 aromatic rings. The van der Waals surface area contributed by atoms with E-state index in [2.05, 4.69) is 44.9 Å². The Bertz CT molecular complexity index is 885. The Morgan fingerprint density at radius 2 is 1.93 bits per heavy atom. The highest BCUT2D eigenvalue weighted by Crippen LogP contribution is 2.34. The molecule has 0 radical (unpaired) electrons. The molecule has 4 rings (SSSR count). The maximum absolute atomic E-state index is 11.7. The van der Waals surface area contributed by atoms with Gasteiger partial charge in [-0.1, -0.05) is 43.2 Å². The van der Waals surface area contributed by atoms with Crippen molar-refractivity contribution in [2.24, 2.45) is 0 Å². The third-order valence-corrected chi connectivity index (χ3v) is 5.72. The van der Waals surface area contributed by atoms with Crippen LogP contribution in [0.4, 0.5) is 10.7 Å². The molecule has 27 heavy (non-hydrogen) atoms. The van der Waals surface area contributed by atoms with Crippen molar-refractivity contribution in [3.63, 3.8) is 0 Å². The highest BCUT2D eigenvalue weighted by molar-refractivity contribution is 8.18. The minimum atomic E-state index is -0.380. The molecule has 2 atom stereocenters. The number of benzene rings is 1. The minimum absolute atomic E-state index is 0.273. The molecule has 1 aromatic heterocycles. The van der Waals surface area contributed by atoms with E-state index in [4.69, 9.17) is 0 Å². The summed E-state index contributed by atoms with van der Waals surface area (Å²) in [5.41, 5.74) is 1.94. The van der Waals surface area contributed by atoms with Crippen LogP contribution < -0.4 is 10.6 Å². The van der Waals surface area contributed by atoms with E-state index in [0.717, 1.165) is 24.6 Å². The van der Waals surface area contributed by atoms with E-state index in [9.17, 15) is 9.59 Å². The zero-order valence-corrected chi connectivity index (χ0v) is 15.5. The lowest BCUT2D eigenvalue weighted by molar-refractivity contribution is -0.115. The van der Waals surface area contributed by atoms with E-state index in [1.54, 1.807) is 18.3 Å². The van der Waals surface area contributed by atoms with Gasteiger partial charge in [-0.3, -0.25) is 14.9 Å². The fraction of sp³-hybridized carbons (Fsp3) is 0.300. The molecule has 2 N–H and O–H groups in total. The monoisotopic (exact) mass is 380 g/mol. The topological polar surface area (TPSA) is 84.0 Å². The number of rotatable bonds is 4. The molecule has 2 fully saturated rings. The Balaban J connectivity index is 1.53. The summed E-state index contributed by atoms with van der Waals surface area (Å²) in [5, 5.41) is 5.38. The van der Waals surface area contributed by atoms with Crippen molar-refractivity contribution in [2.75, 3.05) is 5.32 Å². The summed E-state index contributed by atoms with van der Waals surface area (Å²) >= 11 is 0.888. The van der Waals surface area contributed by atoms with Crippen LogP contribution in [0, 0.1) is 0 Å². The van der Waals surface area contributed by atoms with Crippen LogP contribution in [0.15, 0.2) is 47.5 Å². The molecular formula is C20H20N4O2S. The number of imide groups is 1. The molecule has 2 aliphatic rings. The summed E-state index contributed by atoms with van der Waals surface area (Å²) in [6.07, 6.45) is 7.91. The Morgan fingerprint density at radius 1 is 1.11 bits per heavy atom. The van der Waals surface area contributed by atoms with E-state index in [-0.39, 0.29) is 17.2 Å². The summed E-state index contributed by atoms with van der Waals surface area (Å²) in [4.78, 5) is 32.2. The van der Waals surface area contributed by atoms with Crippen LogP contribution in [-0.2, 0) is 4.79 Å². The molecule has 0 spiro atoms. The maximum atomic E-state index is 11.7. The second-order valence-corrected chi connectivity index (χ2v) is 7.72. The molecule has 138 valence electrons. The Kier molecular flexibility index (Phi) is 5.20. The van der Waals surface area contributed by atoms with Crippen LogP contribution in [0.5, 0.6) is 0 Å². The second kappa shape index (κ2) is 7.92. The molecule has 1 aliphatic carbocycles. The average Bonchev–Trinajstić information content (AvgIpc) is 3.00. The van der Waals surface area contributed by atoms with E-state index in [1.807, 2.05) is 6.07 Å². The number of anilines is 1. The number of aromatic nitrogens is 2. The minimum Gasteiger partial charge on any atom is -0.351 e. The third-order valence-electron chi connectivity index (χ3n) is 4.91. The van der Waals surface area contributed by atoms with Gasteiger partial charge in [0.2, 0.25) is 5.95 Å². The largest absolute Gasteiger partial charge is 0.351 e. The normalized spacial score (nSPS) is 24.1. The van der Waals surface area contributed by atoms with Crippen molar-refractivity contribution < 1.29 is 9.59 Å². The lowest BCUT2D eigenvalue weighted by Gasteiger charge is -2.32. The second-order valence-electron chi connectivity index (χ2n) is 6.71. The van der Waals surface area contributed by atoms with Crippen molar-refractivity contribution in [1.29, 1.82) is 0 Å². The van der Waals surface area contributed by atoms with E-state index >= 15 is 0 Å². The number of nitrogens with one attached hydrogen (secondary N) is 2. The van der Waals surface area contributed by atoms with Crippen molar-refractivity contribution in [2.45, 2.75) is 37.6 Å². The van der Waals surface area contributed by atoms with Gasteiger partial charge in [-0.25, -0.2) is 9.97 Å². The summed E-state index contributed by atoms with van der Waals surface area (Å²) < 4.78 is 0. The zero-order chi connectivity index (χ0) is 18.6. The van der Waals surface area contributed by atoms with Crippen molar-refractivity contribution >= 4 is 34.9 Å². The summed E-state index contributed by atoms with van der Waals surface area (Å²) in [6, 6.07) is 12.6. The van der Waals surface area contributed by atoms with Crippen LogP contribution in [0.3, 0.4) is 0 Å². The number of hydrogen-bond donors (Lipinski definition) is 2. The SMILES string of the molecule is O=C1NC(=O)/C(=C/c2ccnc(NC3CCCCC3c3ccccc3)n2)S1. The van der Waals surface area contributed by atoms with E-state index in [1.165, 1.54) is 18.4 Å². The van der Waals surface area contributed by atoms with Gasteiger partial charge in [-0.05, 0) is 42.3 Å². The molecule has 7 heteroatoms. The number of nitrogens with zero attached hydrogens (tertiary/aromatic N) is 2. The average molecular weight is 380 g/mol. The summed E-state index contributed by atoms with van der Waals surface area (Å²) in [7, 11) is 0. The Hall–Kier alpha value is -2.67. The quantitative estimate of drug-likeness (QED) is 0.782. The number of hydrogen-bond acceptors (Lipinski definition) is 6. The first-order chi connectivity index (χ1) is 13.2. The van der Waals surface area contributed by atoms with Gasteiger partial charge in [0.05, 0.1) is 10.6 Å². The molecule has 1 saturated carbocycles. The first-order valence-electron chi connectivity index (χ1n) is 9.08. The van der Waals surface area contributed by atoms with E-state index < -0.39 is 0 Å². The molecular weight excluding hydrogens is 360 g/mol. The molecule has 2 amide bonds. The molecule has 1 aliphatic heterocycles. The predicted octanol–water partition coefficient (Wildman–Crippen LogP) is 3.94. The van der Waals surface area contributed by atoms with Gasteiger partial charge in [0.25, 0.3) is 11.1 Å². The molecule has 2 unspecified atom stereocenters. The van der Waals surface area contributed by atoms with Crippen molar-refractivity contribution in [1.82, 2.24) is 15.3 Å². The maximum Gasteiger partial charge on any atom is 0.290 e. The van der Waals surface area contributed by atoms with Gasteiger partial charge in [0.1, 0.15) is 0 Å². The smallest absolute Gasteiger partial charge is 0.290 e. The zero-order valence-electron chi connectivity index (χ0n) is 14.7. The van der Waals surface area contributed by atoms with Crippen molar-refractivity contribution in [3.8, 4) is 0 Å². The Labute approximate surface area is 161 Å². The molecule has 0 bridgehead atoms. The van der Waals surface area contributed by atoms with Gasteiger partial charge >= 0.3 is 0 Å². The first kappa shape index (κ1) is 17.7. The standard InChI is InChI=1S/C20H20N4O2S/c25-18-17(27-20(26)24-18)12-14-10-11-21-19(22-14)23-16-9-5-4-8-15(16)13-6-2-1-3-7-13/h1-3,6-7,10-12,15-16H,4-5,8-9H2,(H,21,22,23)(H,24,25,26)/b17-12-. The first-order valence-corrected chi connectivity index (χ1v) is 9.90. The summed E-state index contributed by atoms with van der Waals surface area (Å²) in [5.74, 6) is 0.598. The van der Waals surface area contributed by atoms with Gasteiger partial charge in [0.15, 0.2) is 0 Å². The fourth-order valence-corrected chi connectivity index (χ4v) is 4.31. The van der Waals surface area contributed by atoms with Gasteiger partial charge in [-0.2, -0.15) is 0 Å². The van der Waals surface area contributed by atoms with E-state index in [0.29, 0.717) is 22.5 Å². The van der Waals surface area contributed by atoms with Crippen LogP contribution in [-0.4, -0.2) is 27.2 Å². The highest BCUT2D eigenvalue weighted by Gasteiger charge is 2.27. The van der Waals surface area contributed by atoms with Crippen molar-refractivity contribution in [3.05, 3.63) is 58.8 Å². The highest BCUT2D eigenvalue weighted by atomic mass is 32.2. The molecule has 2 heterocycles. The summed E-state index contributed by atoms with van der Waals surface area (Å²) in [6.45, 7) is 0. The fourth-order valence-electron chi connectivity index (χ4n) is 3.65. The number of thioether (sulfide) groups is 1. The molecule has 1 aromatic carbocycles. The van der Waals surface area contributed by atoms with Gasteiger partial charge < -0.3 is 5.32 Å². The van der Waals surface area contributed by atoms with Crippen LogP contribution in [0.25, 0.3) is 6.08 Å². The van der Waals surface area contributed by atoms with Gasteiger partial charge in [0, 0.05) is 18.2 Å². The lowest BCUT2D eigenvalue weighted by Crippen LogP contribution is -2.31. The molecule has 1 saturated heterocycles. The van der Waals surface area contributed by atoms with Crippen LogP contribution in [0.2, 0.25) is 0 Å². The van der Waals surface area contributed by atoms with Crippen LogP contribution in [0.1, 0.15) is 42.9 Å².